The molecule has 8 heteroatoms. The maximum atomic E-state index is 12.0. The van der Waals surface area contributed by atoms with Crippen LogP contribution in [-0.4, -0.2) is 63.5 Å². The van der Waals surface area contributed by atoms with E-state index < -0.39 is 0 Å². The Kier molecular flexibility index (Phi) is 3.02. The van der Waals surface area contributed by atoms with E-state index >= 15 is 0 Å². The minimum Gasteiger partial charge on any atom is -0.394 e. The van der Waals surface area contributed by atoms with Gasteiger partial charge < -0.3 is 20.5 Å². The van der Waals surface area contributed by atoms with Gasteiger partial charge in [0.05, 0.1) is 25.9 Å². The van der Waals surface area contributed by atoms with Crippen molar-refractivity contribution in [2.45, 2.75) is 6.04 Å². The third-order valence-corrected chi connectivity index (χ3v) is 2.40. The lowest BCUT2D eigenvalue weighted by Crippen LogP contribution is -2.50. The van der Waals surface area contributed by atoms with Crippen molar-refractivity contribution in [3.8, 4) is 0 Å². The number of aromatic nitrogens is 3. The second-order valence-electron chi connectivity index (χ2n) is 3.45. The molecule has 0 radical (unpaired) electrons. The summed E-state index contributed by atoms with van der Waals surface area (Å²) in [6.07, 6.45) is 0. The number of carbonyl (C=O) groups excluding carboxylic acids is 1. The predicted octanol–water partition coefficient (Wildman–Crippen LogP) is -1.78. The first-order chi connectivity index (χ1) is 7.72. The maximum Gasteiger partial charge on any atom is 0.291 e. The van der Waals surface area contributed by atoms with Crippen LogP contribution in [0.3, 0.4) is 0 Å². The number of ether oxygens (including phenoxy) is 1. The zero-order valence-corrected chi connectivity index (χ0v) is 8.59. The van der Waals surface area contributed by atoms with Gasteiger partial charge in [0, 0.05) is 6.54 Å². The van der Waals surface area contributed by atoms with Crippen LogP contribution >= 0.6 is 0 Å². The zero-order chi connectivity index (χ0) is 11.5. The third-order valence-electron chi connectivity index (χ3n) is 2.40. The molecule has 1 saturated heterocycles. The highest BCUT2D eigenvalue weighted by Gasteiger charge is 2.29. The minimum absolute atomic E-state index is 0.0251. The summed E-state index contributed by atoms with van der Waals surface area (Å²) in [7, 11) is 0. The fourth-order valence-corrected chi connectivity index (χ4v) is 1.58. The van der Waals surface area contributed by atoms with E-state index in [1.54, 1.807) is 0 Å². The summed E-state index contributed by atoms with van der Waals surface area (Å²) in [4.78, 5) is 17.2. The Hall–Kier alpha value is -1.67. The van der Waals surface area contributed by atoms with Crippen LogP contribution < -0.4 is 5.73 Å². The van der Waals surface area contributed by atoms with Crippen LogP contribution in [0.5, 0.6) is 0 Å². The predicted molar refractivity (Wildman–Crippen MR) is 53.5 cm³/mol. The molecule has 0 aliphatic carbocycles. The average molecular weight is 227 g/mol. The molecule has 1 fully saturated rings. The monoisotopic (exact) mass is 227 g/mol. The Morgan fingerprint density at radius 1 is 1.75 bits per heavy atom. The first-order valence-corrected chi connectivity index (χ1v) is 4.90. The fourth-order valence-electron chi connectivity index (χ4n) is 1.58. The molecule has 16 heavy (non-hydrogen) atoms. The Balaban J connectivity index is 2.13. The number of nitrogens with one attached hydrogen (secondary N) is 1. The smallest absolute Gasteiger partial charge is 0.291 e. The van der Waals surface area contributed by atoms with Gasteiger partial charge in [-0.1, -0.05) is 0 Å². The van der Waals surface area contributed by atoms with Crippen molar-refractivity contribution in [2.75, 3.05) is 32.1 Å². The first-order valence-electron chi connectivity index (χ1n) is 4.90. The van der Waals surface area contributed by atoms with Crippen LogP contribution in [0, 0.1) is 0 Å². The molecule has 4 N–H and O–H groups in total. The summed E-state index contributed by atoms with van der Waals surface area (Å²) >= 11 is 0. The molecule has 2 rings (SSSR count). The molecule has 0 spiro atoms. The SMILES string of the molecule is Nc1n[nH]c(C(=O)N2CCOCC2CO)n1. The number of rotatable bonds is 2. The molecule has 1 amide bonds. The number of hydrogen-bond donors (Lipinski definition) is 3. The van der Waals surface area contributed by atoms with Crippen molar-refractivity contribution in [3.63, 3.8) is 0 Å². The number of nitrogens with zero attached hydrogens (tertiary/aromatic N) is 3. The highest BCUT2D eigenvalue weighted by atomic mass is 16.5. The fraction of sp³-hybridized carbons (Fsp3) is 0.625. The second-order valence-corrected chi connectivity index (χ2v) is 3.45. The van der Waals surface area contributed by atoms with E-state index in [9.17, 15) is 4.79 Å². The number of carbonyl (C=O) groups is 1. The third kappa shape index (κ3) is 1.97. The highest BCUT2D eigenvalue weighted by Crippen LogP contribution is 2.10. The first kappa shape index (κ1) is 10.8. The van der Waals surface area contributed by atoms with E-state index in [1.165, 1.54) is 4.90 Å². The number of hydrogen-bond acceptors (Lipinski definition) is 6. The van der Waals surface area contributed by atoms with Gasteiger partial charge in [-0.05, 0) is 0 Å². The van der Waals surface area contributed by atoms with Gasteiger partial charge in [0.15, 0.2) is 0 Å². The van der Waals surface area contributed by atoms with Gasteiger partial charge in [0.2, 0.25) is 11.8 Å². The van der Waals surface area contributed by atoms with Crippen LogP contribution in [0.15, 0.2) is 0 Å². The highest BCUT2D eigenvalue weighted by molar-refractivity contribution is 5.91. The van der Waals surface area contributed by atoms with Gasteiger partial charge in [-0.3, -0.25) is 9.89 Å². The molecule has 1 aromatic heterocycles. The topological polar surface area (TPSA) is 117 Å². The lowest BCUT2D eigenvalue weighted by molar-refractivity contribution is -0.0189. The van der Waals surface area contributed by atoms with Crippen molar-refractivity contribution in [1.82, 2.24) is 20.1 Å². The Labute approximate surface area is 91.4 Å². The lowest BCUT2D eigenvalue weighted by atomic mass is 10.2. The molecule has 0 saturated carbocycles. The Bertz CT molecular complexity index is 380. The van der Waals surface area contributed by atoms with Crippen LogP contribution in [0.2, 0.25) is 0 Å². The number of aliphatic hydroxyl groups is 1. The Morgan fingerprint density at radius 3 is 3.19 bits per heavy atom. The molecule has 1 aliphatic heterocycles. The molecular weight excluding hydrogens is 214 g/mol. The number of H-pyrrole nitrogens is 1. The molecule has 88 valence electrons. The number of aromatic amines is 1. The number of morpholine rings is 1. The average Bonchev–Trinajstić information content (AvgIpc) is 2.75. The molecule has 2 heterocycles. The molecule has 0 bridgehead atoms. The molecule has 0 aromatic carbocycles. The van der Waals surface area contributed by atoms with Crippen LogP contribution in [0.4, 0.5) is 5.95 Å². The maximum absolute atomic E-state index is 12.0. The number of amides is 1. The van der Waals surface area contributed by atoms with Crippen LogP contribution in [0.1, 0.15) is 10.6 Å². The molecule has 1 aromatic rings. The molecule has 1 atom stereocenters. The van der Waals surface area contributed by atoms with Crippen molar-refractivity contribution >= 4 is 11.9 Å². The van der Waals surface area contributed by atoms with Crippen molar-refractivity contribution < 1.29 is 14.6 Å². The minimum atomic E-state index is -0.340. The van der Waals surface area contributed by atoms with Gasteiger partial charge in [0.1, 0.15) is 0 Å². The van der Waals surface area contributed by atoms with Crippen molar-refractivity contribution in [2.24, 2.45) is 0 Å². The number of nitrogens with two attached hydrogens (primary N) is 1. The number of aliphatic hydroxyl groups excluding tert-OH is 1. The van der Waals surface area contributed by atoms with E-state index in [1.807, 2.05) is 0 Å². The molecule has 8 nitrogen and oxygen atoms in total. The van der Waals surface area contributed by atoms with Gasteiger partial charge in [-0.15, -0.1) is 5.10 Å². The van der Waals surface area contributed by atoms with Crippen molar-refractivity contribution in [3.05, 3.63) is 5.82 Å². The quantitative estimate of drug-likeness (QED) is 0.550. The Morgan fingerprint density at radius 2 is 2.56 bits per heavy atom. The zero-order valence-electron chi connectivity index (χ0n) is 8.59. The van der Waals surface area contributed by atoms with E-state index in [0.717, 1.165) is 0 Å². The normalized spacial score (nSPS) is 21.1. The van der Waals surface area contributed by atoms with Gasteiger partial charge >= 0.3 is 0 Å². The van der Waals surface area contributed by atoms with E-state index in [2.05, 4.69) is 15.2 Å². The number of anilines is 1. The number of nitrogen functional groups attached to an aromatic ring is 1. The standard InChI is InChI=1S/C8H13N5O3/c9-8-10-6(11-12-8)7(15)13-1-2-16-4-5(13)3-14/h5,14H,1-4H2,(H3,9,10,11,12). The largest absolute Gasteiger partial charge is 0.394 e. The van der Waals surface area contributed by atoms with E-state index in [4.69, 9.17) is 15.6 Å². The molecular formula is C8H13N5O3. The molecule has 1 aliphatic rings. The van der Waals surface area contributed by atoms with E-state index in [0.29, 0.717) is 19.8 Å². The summed E-state index contributed by atoms with van der Waals surface area (Å²) < 4.78 is 5.17. The van der Waals surface area contributed by atoms with Gasteiger partial charge in [-0.2, -0.15) is 4.98 Å². The summed E-state index contributed by atoms with van der Waals surface area (Å²) in [5.74, 6) is -0.221. The van der Waals surface area contributed by atoms with Crippen LogP contribution in [-0.2, 0) is 4.74 Å². The van der Waals surface area contributed by atoms with Crippen LogP contribution in [0.25, 0.3) is 0 Å². The van der Waals surface area contributed by atoms with E-state index in [-0.39, 0.29) is 30.3 Å². The summed E-state index contributed by atoms with van der Waals surface area (Å²) in [6, 6.07) is -0.340. The second kappa shape index (κ2) is 4.45. The summed E-state index contributed by atoms with van der Waals surface area (Å²) in [5, 5.41) is 15.1. The van der Waals surface area contributed by atoms with Crippen molar-refractivity contribution in [1.29, 1.82) is 0 Å². The summed E-state index contributed by atoms with van der Waals surface area (Å²) in [5.41, 5.74) is 5.31. The lowest BCUT2D eigenvalue weighted by Gasteiger charge is -2.33. The summed E-state index contributed by atoms with van der Waals surface area (Å²) in [6.45, 7) is 1.05. The van der Waals surface area contributed by atoms with Gasteiger partial charge in [0.25, 0.3) is 5.91 Å². The molecule has 1 unspecified atom stereocenters. The van der Waals surface area contributed by atoms with Gasteiger partial charge in [-0.25, -0.2) is 0 Å².